The number of benzene rings is 2. The van der Waals surface area contributed by atoms with Gasteiger partial charge >= 0.3 is 0 Å². The van der Waals surface area contributed by atoms with Gasteiger partial charge in [-0.05, 0) is 42.8 Å². The van der Waals surface area contributed by atoms with E-state index in [9.17, 15) is 18.5 Å². The number of hydrogen-bond donors (Lipinski definition) is 1. The summed E-state index contributed by atoms with van der Waals surface area (Å²) in [6.45, 7) is 2.51. The number of carbonyl (C=O) groups is 1. The molecule has 3 aromatic rings. The predicted octanol–water partition coefficient (Wildman–Crippen LogP) is 3.98. The Morgan fingerprint density at radius 1 is 1.20 bits per heavy atom. The fourth-order valence-corrected chi connectivity index (χ4v) is 4.96. The summed E-state index contributed by atoms with van der Waals surface area (Å²) < 4.78 is 34.1. The van der Waals surface area contributed by atoms with Gasteiger partial charge in [0, 0.05) is 16.9 Å². The first-order valence-corrected chi connectivity index (χ1v) is 13.9. The third-order valence-corrected chi connectivity index (χ3v) is 7.92. The topological polar surface area (TPSA) is 131 Å². The number of thioether (sulfide) groups is 1. The van der Waals surface area contributed by atoms with Gasteiger partial charge in [-0.1, -0.05) is 35.1 Å². The zero-order valence-electron chi connectivity index (χ0n) is 19.1. The highest BCUT2D eigenvalue weighted by molar-refractivity contribution is 7.99. The Bertz CT molecular complexity index is 1380. The lowest BCUT2D eigenvalue weighted by atomic mass is 10.1. The van der Waals surface area contributed by atoms with Crippen LogP contribution in [0, 0.1) is 18.3 Å². The van der Waals surface area contributed by atoms with Crippen LogP contribution in [0.15, 0.2) is 57.3 Å². The van der Waals surface area contributed by atoms with E-state index in [4.69, 9.17) is 9.47 Å². The van der Waals surface area contributed by atoms with Crippen molar-refractivity contribution in [3.63, 3.8) is 0 Å². The largest absolute Gasteiger partial charge is 0.493 e. The number of aromatic nitrogens is 2. The Labute approximate surface area is 211 Å². The van der Waals surface area contributed by atoms with Crippen molar-refractivity contribution in [3.8, 4) is 17.6 Å². The van der Waals surface area contributed by atoms with Gasteiger partial charge in [0.2, 0.25) is 19.3 Å². The number of carbonyl (C=O) groups excluding carboxylic acids is 1. The van der Waals surface area contributed by atoms with Gasteiger partial charge in [0.05, 0.1) is 13.7 Å². The normalized spacial score (nSPS) is 11.5. The molecule has 0 aliphatic rings. The van der Waals surface area contributed by atoms with E-state index in [1.165, 1.54) is 18.7 Å². The van der Waals surface area contributed by atoms with Gasteiger partial charge in [0.25, 0.3) is 5.91 Å². The van der Waals surface area contributed by atoms with E-state index < -0.39 is 15.7 Å². The Morgan fingerprint density at radius 2 is 1.94 bits per heavy atom. The summed E-state index contributed by atoms with van der Waals surface area (Å²) >= 11 is 2.39. The first-order chi connectivity index (χ1) is 16.7. The average Bonchev–Trinajstić information content (AvgIpc) is 3.31. The van der Waals surface area contributed by atoms with Gasteiger partial charge in [-0.3, -0.25) is 10.1 Å². The summed E-state index contributed by atoms with van der Waals surface area (Å²) in [5, 5.41) is 19.0. The van der Waals surface area contributed by atoms with Crippen molar-refractivity contribution in [1.82, 2.24) is 10.2 Å². The van der Waals surface area contributed by atoms with Crippen LogP contribution in [-0.4, -0.2) is 50.2 Å². The number of amides is 1. The van der Waals surface area contributed by atoms with E-state index in [-0.39, 0.29) is 15.0 Å². The van der Waals surface area contributed by atoms with Crippen LogP contribution in [0.5, 0.6) is 11.5 Å². The number of nitriles is 1. The van der Waals surface area contributed by atoms with Crippen LogP contribution in [0.25, 0.3) is 6.08 Å². The molecule has 1 aromatic heterocycles. The molecule has 0 radical (unpaired) electrons. The van der Waals surface area contributed by atoms with E-state index in [0.29, 0.717) is 35.0 Å². The number of ether oxygens (including phenoxy) is 2. The lowest BCUT2D eigenvalue weighted by molar-refractivity contribution is -0.112. The lowest BCUT2D eigenvalue weighted by Gasteiger charge is -2.11. The standard InChI is InChI=1S/C23H22N4O5S3/c1-15-4-7-18(8-5-15)33-11-10-32-19-9-6-16(13-20(19)31-2)12-17(14-24)21(28)25-22-26-27-23(34-22)35(3,29)30/h4-9,12-13H,10-11H2,1-3H3,(H,25,26,28)/b17-12-. The zero-order chi connectivity index (χ0) is 25.4. The number of methoxy groups -OCH3 is 1. The summed E-state index contributed by atoms with van der Waals surface area (Å²) in [6, 6.07) is 15.2. The molecule has 0 saturated heterocycles. The third-order valence-electron chi connectivity index (χ3n) is 4.44. The molecule has 182 valence electrons. The van der Waals surface area contributed by atoms with Gasteiger partial charge in [-0.25, -0.2) is 8.42 Å². The first-order valence-electron chi connectivity index (χ1n) is 10.2. The zero-order valence-corrected chi connectivity index (χ0v) is 21.6. The summed E-state index contributed by atoms with van der Waals surface area (Å²) in [6.07, 6.45) is 2.37. The fourth-order valence-electron chi connectivity index (χ4n) is 2.73. The minimum absolute atomic E-state index is 0.0265. The molecule has 2 aromatic carbocycles. The average molecular weight is 531 g/mol. The Balaban J connectivity index is 1.64. The molecule has 0 atom stereocenters. The summed E-state index contributed by atoms with van der Waals surface area (Å²) in [5.74, 6) is 1.01. The molecular weight excluding hydrogens is 508 g/mol. The van der Waals surface area contributed by atoms with Crippen LogP contribution in [-0.2, 0) is 14.6 Å². The second-order valence-electron chi connectivity index (χ2n) is 7.19. The maximum atomic E-state index is 12.5. The van der Waals surface area contributed by atoms with E-state index in [2.05, 4.69) is 39.8 Å². The monoisotopic (exact) mass is 530 g/mol. The van der Waals surface area contributed by atoms with Crippen LogP contribution in [0.1, 0.15) is 11.1 Å². The number of nitrogens with one attached hydrogen (secondary N) is 1. The minimum Gasteiger partial charge on any atom is -0.493 e. The van der Waals surface area contributed by atoms with Crippen molar-refractivity contribution < 1.29 is 22.7 Å². The molecule has 1 heterocycles. The summed E-state index contributed by atoms with van der Waals surface area (Å²) in [5.41, 5.74) is 1.55. The molecule has 12 heteroatoms. The van der Waals surface area contributed by atoms with Gasteiger partial charge < -0.3 is 9.47 Å². The van der Waals surface area contributed by atoms with Crippen molar-refractivity contribution in [2.45, 2.75) is 16.2 Å². The molecule has 1 amide bonds. The van der Waals surface area contributed by atoms with Gasteiger partial charge in [-0.2, -0.15) is 5.26 Å². The fraction of sp³-hybridized carbons (Fsp3) is 0.217. The molecule has 1 N–H and O–H groups in total. The number of anilines is 1. The number of aryl methyl sites for hydroxylation is 1. The Kier molecular flexibility index (Phi) is 8.86. The van der Waals surface area contributed by atoms with E-state index >= 15 is 0 Å². The van der Waals surface area contributed by atoms with Gasteiger partial charge in [0.15, 0.2) is 11.5 Å². The maximum Gasteiger partial charge on any atom is 0.268 e. The van der Waals surface area contributed by atoms with Crippen molar-refractivity contribution in [2.75, 3.05) is 31.0 Å². The van der Waals surface area contributed by atoms with E-state index in [1.807, 2.05) is 13.0 Å². The maximum absolute atomic E-state index is 12.5. The Morgan fingerprint density at radius 3 is 2.57 bits per heavy atom. The molecule has 0 aliphatic carbocycles. The minimum atomic E-state index is -3.54. The summed E-state index contributed by atoms with van der Waals surface area (Å²) in [7, 11) is -2.04. The van der Waals surface area contributed by atoms with Gasteiger partial charge in [0.1, 0.15) is 11.6 Å². The lowest BCUT2D eigenvalue weighted by Crippen LogP contribution is -2.13. The van der Waals surface area contributed by atoms with Crippen LogP contribution in [0.4, 0.5) is 5.13 Å². The quantitative estimate of drug-likeness (QED) is 0.136. The SMILES string of the molecule is COc1cc(/C=C(/C#N)C(=O)Nc2nnc(S(C)(=O)=O)s2)ccc1OCCSc1ccc(C)cc1. The van der Waals surface area contributed by atoms with Crippen LogP contribution in [0.3, 0.4) is 0 Å². The van der Waals surface area contributed by atoms with Crippen molar-refractivity contribution in [3.05, 3.63) is 59.2 Å². The van der Waals surface area contributed by atoms with Crippen LogP contribution in [0.2, 0.25) is 0 Å². The molecule has 0 saturated carbocycles. The molecule has 35 heavy (non-hydrogen) atoms. The third kappa shape index (κ3) is 7.54. The van der Waals surface area contributed by atoms with Crippen molar-refractivity contribution >= 4 is 50.1 Å². The van der Waals surface area contributed by atoms with E-state index in [0.717, 1.165) is 16.9 Å². The molecule has 0 spiro atoms. The number of nitrogens with zero attached hydrogens (tertiary/aromatic N) is 3. The predicted molar refractivity (Wildman–Crippen MR) is 136 cm³/mol. The second-order valence-corrected chi connectivity index (χ2v) is 11.5. The number of sulfone groups is 1. The van der Waals surface area contributed by atoms with Crippen molar-refractivity contribution in [1.29, 1.82) is 5.26 Å². The Hall–Kier alpha value is -3.40. The molecule has 0 fully saturated rings. The highest BCUT2D eigenvalue weighted by Crippen LogP contribution is 2.30. The van der Waals surface area contributed by atoms with Crippen LogP contribution >= 0.6 is 23.1 Å². The first kappa shape index (κ1) is 26.2. The van der Waals surface area contributed by atoms with Crippen molar-refractivity contribution in [2.24, 2.45) is 0 Å². The molecule has 0 bridgehead atoms. The molecule has 0 unspecified atom stereocenters. The molecule has 9 nitrogen and oxygen atoms in total. The highest BCUT2D eigenvalue weighted by atomic mass is 32.2. The summed E-state index contributed by atoms with van der Waals surface area (Å²) in [4.78, 5) is 13.6. The van der Waals surface area contributed by atoms with Crippen LogP contribution < -0.4 is 14.8 Å². The molecular formula is C23H22N4O5S3. The molecule has 3 rings (SSSR count). The number of rotatable bonds is 10. The smallest absolute Gasteiger partial charge is 0.268 e. The molecule has 0 aliphatic heterocycles. The second kappa shape index (κ2) is 11.8. The number of hydrogen-bond acceptors (Lipinski definition) is 10. The highest BCUT2D eigenvalue weighted by Gasteiger charge is 2.17. The van der Waals surface area contributed by atoms with E-state index in [1.54, 1.807) is 30.0 Å². The van der Waals surface area contributed by atoms with Gasteiger partial charge in [-0.15, -0.1) is 22.0 Å².